The number of carbonyl (C=O) groups is 2. The largest absolute Gasteiger partial charge is 0.478 e. The number of urea groups is 1. The van der Waals surface area contributed by atoms with E-state index in [0.29, 0.717) is 18.1 Å². The molecule has 0 atom stereocenters. The van der Waals surface area contributed by atoms with Gasteiger partial charge < -0.3 is 10.0 Å². The van der Waals surface area contributed by atoms with E-state index >= 15 is 0 Å². The Hall–Kier alpha value is -2.08. The quantitative estimate of drug-likeness (QED) is 0.778. The van der Waals surface area contributed by atoms with Crippen molar-refractivity contribution in [3.8, 4) is 0 Å². The van der Waals surface area contributed by atoms with Gasteiger partial charge in [0.1, 0.15) is 5.00 Å². The summed E-state index contributed by atoms with van der Waals surface area (Å²) in [6.45, 7) is 7.85. The molecule has 0 unspecified atom stereocenters. The zero-order valence-electron chi connectivity index (χ0n) is 9.76. The van der Waals surface area contributed by atoms with Gasteiger partial charge in [0.25, 0.3) is 0 Å². The van der Waals surface area contributed by atoms with Crippen LogP contribution in [0.25, 0.3) is 0 Å². The lowest BCUT2D eigenvalue weighted by molar-refractivity contribution is 0.0698. The number of thiophene rings is 1. The highest BCUT2D eigenvalue weighted by Gasteiger charge is 2.16. The first-order chi connectivity index (χ1) is 8.60. The van der Waals surface area contributed by atoms with Crippen LogP contribution in [0.15, 0.2) is 36.8 Å². The van der Waals surface area contributed by atoms with Crippen molar-refractivity contribution in [2.24, 2.45) is 0 Å². The molecule has 0 saturated heterocycles. The van der Waals surface area contributed by atoms with E-state index in [0.717, 1.165) is 0 Å². The summed E-state index contributed by atoms with van der Waals surface area (Å²) in [5.74, 6) is -1.06. The number of rotatable bonds is 6. The third-order valence-electron chi connectivity index (χ3n) is 2.10. The molecular weight excluding hydrogens is 252 g/mol. The molecule has 1 aromatic rings. The summed E-state index contributed by atoms with van der Waals surface area (Å²) in [7, 11) is 0. The summed E-state index contributed by atoms with van der Waals surface area (Å²) in [5.41, 5.74) is 0.0884. The molecular formula is C12H14N2O3S. The number of carboxylic acid groups (broad SMARTS) is 1. The maximum Gasteiger partial charge on any atom is 0.338 e. The third-order valence-corrected chi connectivity index (χ3v) is 2.93. The number of carboxylic acids is 1. The normalized spacial score (nSPS) is 9.56. The Kier molecular flexibility index (Phi) is 5.13. The second kappa shape index (κ2) is 6.61. The van der Waals surface area contributed by atoms with Gasteiger partial charge in [-0.1, -0.05) is 12.2 Å². The van der Waals surface area contributed by atoms with Crippen LogP contribution >= 0.6 is 11.3 Å². The van der Waals surface area contributed by atoms with Crippen molar-refractivity contribution in [1.29, 1.82) is 0 Å². The minimum atomic E-state index is -1.06. The van der Waals surface area contributed by atoms with Crippen molar-refractivity contribution in [2.75, 3.05) is 18.4 Å². The van der Waals surface area contributed by atoms with Crippen LogP contribution in [0.2, 0.25) is 0 Å². The second-order valence-corrected chi connectivity index (χ2v) is 4.30. The maximum absolute atomic E-state index is 11.9. The van der Waals surface area contributed by atoms with Crippen LogP contribution in [0.1, 0.15) is 10.4 Å². The number of anilines is 1. The van der Waals surface area contributed by atoms with Gasteiger partial charge in [-0.15, -0.1) is 24.5 Å². The summed E-state index contributed by atoms with van der Waals surface area (Å²) in [6.07, 6.45) is 3.19. The van der Waals surface area contributed by atoms with Crippen LogP contribution in [0.4, 0.5) is 9.80 Å². The van der Waals surface area contributed by atoms with Crippen LogP contribution in [0.3, 0.4) is 0 Å². The molecule has 0 spiro atoms. The van der Waals surface area contributed by atoms with Crippen molar-refractivity contribution in [2.45, 2.75) is 0 Å². The Bertz CT molecular complexity index is 458. The summed E-state index contributed by atoms with van der Waals surface area (Å²) < 4.78 is 0. The molecule has 96 valence electrons. The van der Waals surface area contributed by atoms with Gasteiger partial charge >= 0.3 is 12.0 Å². The van der Waals surface area contributed by atoms with Crippen molar-refractivity contribution in [1.82, 2.24) is 4.90 Å². The smallest absolute Gasteiger partial charge is 0.338 e. The van der Waals surface area contributed by atoms with E-state index < -0.39 is 5.97 Å². The van der Waals surface area contributed by atoms with E-state index in [-0.39, 0.29) is 11.6 Å². The highest BCUT2D eigenvalue weighted by molar-refractivity contribution is 7.14. The molecule has 0 aliphatic carbocycles. The first-order valence-electron chi connectivity index (χ1n) is 5.18. The lowest BCUT2D eigenvalue weighted by atomic mass is 10.3. The summed E-state index contributed by atoms with van der Waals surface area (Å²) in [4.78, 5) is 24.3. The molecule has 5 nitrogen and oxygen atoms in total. The average Bonchev–Trinajstić information content (AvgIpc) is 2.77. The number of hydrogen-bond acceptors (Lipinski definition) is 3. The number of aromatic carboxylic acids is 1. The molecule has 2 N–H and O–H groups in total. The lowest BCUT2D eigenvalue weighted by Gasteiger charge is -2.19. The molecule has 0 aromatic carbocycles. The van der Waals surface area contributed by atoms with Gasteiger partial charge in [-0.05, 0) is 11.4 Å². The highest BCUT2D eigenvalue weighted by atomic mass is 32.1. The van der Waals surface area contributed by atoms with E-state index in [2.05, 4.69) is 18.5 Å². The topological polar surface area (TPSA) is 69.6 Å². The molecule has 1 rings (SSSR count). The monoisotopic (exact) mass is 266 g/mol. The third kappa shape index (κ3) is 3.46. The maximum atomic E-state index is 11.9. The molecule has 0 aliphatic heterocycles. The molecule has 1 heterocycles. The average molecular weight is 266 g/mol. The number of hydrogen-bond donors (Lipinski definition) is 2. The van der Waals surface area contributed by atoms with Gasteiger partial charge in [-0.25, -0.2) is 9.59 Å². The zero-order valence-corrected chi connectivity index (χ0v) is 10.6. The number of carbonyl (C=O) groups excluding carboxylic acids is 1. The van der Waals surface area contributed by atoms with Crippen molar-refractivity contribution >= 4 is 28.3 Å². The van der Waals surface area contributed by atoms with Crippen molar-refractivity contribution in [3.63, 3.8) is 0 Å². The van der Waals surface area contributed by atoms with Crippen molar-refractivity contribution < 1.29 is 14.7 Å². The molecule has 0 fully saturated rings. The first kappa shape index (κ1) is 14.0. The van der Waals surface area contributed by atoms with Gasteiger partial charge in [0, 0.05) is 13.1 Å². The molecule has 0 bridgehead atoms. The molecule has 6 heteroatoms. The number of nitrogens with zero attached hydrogens (tertiary/aromatic N) is 1. The summed E-state index contributed by atoms with van der Waals surface area (Å²) >= 11 is 1.17. The predicted molar refractivity (Wildman–Crippen MR) is 72.3 cm³/mol. The zero-order chi connectivity index (χ0) is 13.5. The van der Waals surface area contributed by atoms with E-state index in [1.807, 2.05) is 0 Å². The van der Waals surface area contributed by atoms with E-state index in [9.17, 15) is 9.59 Å². The fourth-order valence-corrected chi connectivity index (χ4v) is 2.07. The Balaban J connectivity index is 2.78. The summed E-state index contributed by atoms with van der Waals surface area (Å²) in [6, 6.07) is 1.08. The van der Waals surface area contributed by atoms with Crippen molar-refractivity contribution in [3.05, 3.63) is 42.3 Å². The molecule has 0 radical (unpaired) electrons. The number of amides is 2. The second-order valence-electron chi connectivity index (χ2n) is 3.38. The SMILES string of the molecule is C=CCN(CC=C)C(=O)Nc1sccc1C(=O)O. The van der Waals surface area contributed by atoms with E-state index in [1.165, 1.54) is 22.3 Å². The Morgan fingerprint density at radius 3 is 2.50 bits per heavy atom. The fourth-order valence-electron chi connectivity index (χ4n) is 1.30. The van der Waals surface area contributed by atoms with Crippen LogP contribution in [0.5, 0.6) is 0 Å². The molecule has 18 heavy (non-hydrogen) atoms. The molecule has 1 aromatic heterocycles. The van der Waals surface area contributed by atoms with Crippen LogP contribution in [-0.2, 0) is 0 Å². The van der Waals surface area contributed by atoms with Gasteiger partial charge in [0.05, 0.1) is 5.56 Å². The Morgan fingerprint density at radius 1 is 1.39 bits per heavy atom. The van der Waals surface area contributed by atoms with E-state index in [1.54, 1.807) is 17.5 Å². The molecule has 0 aliphatic rings. The molecule has 0 saturated carbocycles. The minimum Gasteiger partial charge on any atom is -0.478 e. The standard InChI is InChI=1S/C12H14N2O3S/c1-3-6-14(7-4-2)12(17)13-10-9(11(15)16)5-8-18-10/h3-5,8H,1-2,6-7H2,(H,13,17)(H,15,16). The summed E-state index contributed by atoms with van der Waals surface area (Å²) in [5, 5.41) is 13.4. The Labute approximate surface area is 109 Å². The van der Waals surface area contributed by atoms with Gasteiger partial charge in [-0.2, -0.15) is 0 Å². The fraction of sp³-hybridized carbons (Fsp3) is 0.167. The van der Waals surface area contributed by atoms with Crippen LogP contribution < -0.4 is 5.32 Å². The Morgan fingerprint density at radius 2 is 2.00 bits per heavy atom. The van der Waals surface area contributed by atoms with Crippen LogP contribution in [0, 0.1) is 0 Å². The number of nitrogens with one attached hydrogen (secondary N) is 1. The van der Waals surface area contributed by atoms with Gasteiger partial charge in [-0.3, -0.25) is 5.32 Å². The van der Waals surface area contributed by atoms with Gasteiger partial charge in [0.15, 0.2) is 0 Å². The van der Waals surface area contributed by atoms with Crippen LogP contribution in [-0.4, -0.2) is 35.1 Å². The van der Waals surface area contributed by atoms with E-state index in [4.69, 9.17) is 5.11 Å². The predicted octanol–water partition coefficient (Wildman–Crippen LogP) is 2.65. The highest BCUT2D eigenvalue weighted by Crippen LogP contribution is 2.23. The lowest BCUT2D eigenvalue weighted by Crippen LogP contribution is -2.35. The van der Waals surface area contributed by atoms with Gasteiger partial charge in [0.2, 0.25) is 0 Å². The minimum absolute atomic E-state index is 0.0884. The molecule has 2 amide bonds. The first-order valence-corrected chi connectivity index (χ1v) is 6.06.